The minimum Gasteiger partial charge on any atom is -0.467 e. The molecule has 0 amide bonds. The standard InChI is InChI=1S/C30H34N4O3S2/c1-20-8-6-9-21(2)29(20)26-17-28-33-30(32-26)34-39(35,36)25-11-7-10-24(16-25)31-18-27(37-28)23-14-12-22(13-15-23)19-38(3,4)5/h6-17,27,31H,18-19H2,1-5H3,(H,32,33,34). The van der Waals surface area contributed by atoms with Gasteiger partial charge in [0, 0.05) is 23.1 Å². The van der Waals surface area contributed by atoms with Gasteiger partial charge in [0.1, 0.15) is 6.10 Å². The average Bonchev–Trinajstić information content (AvgIpc) is 2.85. The highest BCUT2D eigenvalue weighted by molar-refractivity contribution is 8.31. The zero-order valence-electron chi connectivity index (χ0n) is 22.9. The van der Waals surface area contributed by atoms with Gasteiger partial charge >= 0.3 is 0 Å². The van der Waals surface area contributed by atoms with Crippen molar-refractivity contribution < 1.29 is 13.2 Å². The van der Waals surface area contributed by atoms with Crippen molar-refractivity contribution in [2.45, 2.75) is 30.6 Å². The molecule has 0 spiro atoms. The van der Waals surface area contributed by atoms with Gasteiger partial charge in [-0.15, -0.1) is 0 Å². The second-order valence-electron chi connectivity index (χ2n) is 10.8. The van der Waals surface area contributed by atoms with E-state index in [-0.39, 0.29) is 16.9 Å². The Hall–Kier alpha value is -3.56. The number of hydrogen-bond donors (Lipinski definition) is 2. The fourth-order valence-corrected chi connectivity index (χ4v) is 6.92. The predicted molar refractivity (Wildman–Crippen MR) is 162 cm³/mol. The van der Waals surface area contributed by atoms with Crippen molar-refractivity contribution in [1.82, 2.24) is 9.97 Å². The molecule has 4 aromatic rings. The highest BCUT2D eigenvalue weighted by Crippen LogP contribution is 2.39. The van der Waals surface area contributed by atoms with Gasteiger partial charge in [0.15, 0.2) is 0 Å². The maximum absolute atomic E-state index is 13.2. The molecule has 4 bridgehead atoms. The lowest BCUT2D eigenvalue weighted by atomic mass is 10.00. The van der Waals surface area contributed by atoms with Crippen molar-refractivity contribution in [2.75, 3.05) is 35.4 Å². The van der Waals surface area contributed by atoms with Crippen LogP contribution >= 0.6 is 10.0 Å². The summed E-state index contributed by atoms with van der Waals surface area (Å²) in [5.74, 6) is 1.31. The van der Waals surface area contributed by atoms with Gasteiger partial charge in [-0.1, -0.05) is 48.5 Å². The summed E-state index contributed by atoms with van der Waals surface area (Å²) in [7, 11) is -4.59. The van der Waals surface area contributed by atoms with Crippen molar-refractivity contribution in [3.8, 4) is 17.1 Å². The maximum atomic E-state index is 13.2. The molecule has 2 N–H and O–H groups in total. The summed E-state index contributed by atoms with van der Waals surface area (Å²) in [5, 5.41) is 3.36. The summed E-state index contributed by atoms with van der Waals surface area (Å²) >= 11 is 0. The first-order valence-electron chi connectivity index (χ1n) is 12.7. The molecular formula is C30H34N4O3S2. The molecule has 0 aliphatic carbocycles. The molecule has 1 unspecified atom stereocenters. The van der Waals surface area contributed by atoms with Crippen molar-refractivity contribution in [2.24, 2.45) is 0 Å². The Labute approximate surface area is 232 Å². The third kappa shape index (κ3) is 6.37. The summed E-state index contributed by atoms with van der Waals surface area (Å²) in [6.07, 6.45) is 6.55. The van der Waals surface area contributed by atoms with Crippen LogP contribution in [0.25, 0.3) is 11.3 Å². The Balaban J connectivity index is 1.61. The normalized spacial score (nSPS) is 17.0. The molecule has 39 heavy (non-hydrogen) atoms. The second-order valence-corrected chi connectivity index (χ2v) is 16.9. The Kier molecular flexibility index (Phi) is 7.31. The van der Waals surface area contributed by atoms with Crippen molar-refractivity contribution in [1.29, 1.82) is 0 Å². The maximum Gasteiger partial charge on any atom is 0.264 e. The quantitative estimate of drug-likeness (QED) is 0.303. The van der Waals surface area contributed by atoms with E-state index >= 15 is 0 Å². The molecule has 0 saturated heterocycles. The molecule has 1 atom stereocenters. The van der Waals surface area contributed by atoms with E-state index in [1.54, 1.807) is 24.3 Å². The van der Waals surface area contributed by atoms with Crippen molar-refractivity contribution in [3.05, 3.63) is 95.1 Å². The number of rotatable bonds is 4. The molecule has 7 nitrogen and oxygen atoms in total. The van der Waals surface area contributed by atoms with Crippen LogP contribution in [0.15, 0.2) is 77.7 Å². The lowest BCUT2D eigenvalue weighted by Crippen LogP contribution is -2.21. The lowest BCUT2D eigenvalue weighted by molar-refractivity contribution is 0.210. The summed E-state index contributed by atoms with van der Waals surface area (Å²) in [6, 6.07) is 23.0. The minimum absolute atomic E-state index is 0.0358. The molecule has 1 aliphatic heterocycles. The topological polar surface area (TPSA) is 93.2 Å². The highest BCUT2D eigenvalue weighted by Gasteiger charge is 2.23. The lowest BCUT2D eigenvalue weighted by Gasteiger charge is -2.26. The largest absolute Gasteiger partial charge is 0.467 e. The van der Waals surface area contributed by atoms with Crippen molar-refractivity contribution >= 4 is 31.7 Å². The first-order valence-corrected chi connectivity index (χ1v) is 17.2. The molecule has 2 heterocycles. The molecular weight excluding hydrogens is 528 g/mol. The van der Waals surface area contributed by atoms with Crippen LogP contribution in [0.3, 0.4) is 0 Å². The Bertz CT molecular complexity index is 1590. The molecule has 5 rings (SSSR count). The van der Waals surface area contributed by atoms with E-state index < -0.39 is 20.1 Å². The SMILES string of the molecule is Cc1cccc(C)c1-c1cc2nc(n1)NS(=O)(=O)c1cccc(c1)NCC(c1ccc(CS(C)(C)C)cc1)O2. The molecule has 0 fully saturated rings. The van der Waals surface area contributed by atoms with Crippen LogP contribution < -0.4 is 14.8 Å². The van der Waals surface area contributed by atoms with E-state index in [0.29, 0.717) is 23.8 Å². The van der Waals surface area contributed by atoms with Crippen LogP contribution in [0.5, 0.6) is 5.88 Å². The van der Waals surface area contributed by atoms with E-state index in [4.69, 9.17) is 4.74 Å². The Morgan fingerprint density at radius 2 is 1.62 bits per heavy atom. The Morgan fingerprint density at radius 1 is 0.923 bits per heavy atom. The van der Waals surface area contributed by atoms with E-state index in [1.165, 1.54) is 5.56 Å². The van der Waals surface area contributed by atoms with Gasteiger partial charge in [0.2, 0.25) is 11.8 Å². The molecule has 0 radical (unpaired) electrons. The van der Waals surface area contributed by atoms with Gasteiger partial charge in [-0.05, 0) is 73.1 Å². The number of anilines is 2. The van der Waals surface area contributed by atoms with Crippen LogP contribution in [0, 0.1) is 13.8 Å². The van der Waals surface area contributed by atoms with Crippen LogP contribution in [0.2, 0.25) is 0 Å². The number of aromatic nitrogens is 2. The fraction of sp³-hybridized carbons (Fsp3) is 0.267. The van der Waals surface area contributed by atoms with E-state index in [0.717, 1.165) is 28.0 Å². The van der Waals surface area contributed by atoms with Crippen LogP contribution in [-0.4, -0.2) is 43.7 Å². The predicted octanol–water partition coefficient (Wildman–Crippen LogP) is 6.30. The monoisotopic (exact) mass is 562 g/mol. The number of ether oxygens (including phenoxy) is 1. The van der Waals surface area contributed by atoms with Gasteiger partial charge in [0.05, 0.1) is 17.1 Å². The van der Waals surface area contributed by atoms with Gasteiger partial charge in [-0.3, -0.25) is 0 Å². The van der Waals surface area contributed by atoms with Crippen molar-refractivity contribution in [3.63, 3.8) is 0 Å². The smallest absolute Gasteiger partial charge is 0.264 e. The third-order valence-corrected chi connectivity index (χ3v) is 9.04. The summed E-state index contributed by atoms with van der Waals surface area (Å²) in [4.78, 5) is 9.22. The van der Waals surface area contributed by atoms with Crippen LogP contribution in [-0.2, 0) is 15.8 Å². The molecule has 1 aliphatic rings. The molecule has 3 aromatic carbocycles. The summed E-state index contributed by atoms with van der Waals surface area (Å²) < 4.78 is 35.5. The first kappa shape index (κ1) is 27.0. The number of nitrogens with one attached hydrogen (secondary N) is 2. The number of hydrogen-bond acceptors (Lipinski definition) is 6. The van der Waals surface area contributed by atoms with Crippen LogP contribution in [0.1, 0.15) is 28.4 Å². The fourth-order valence-electron chi connectivity index (χ4n) is 4.74. The first-order chi connectivity index (χ1) is 18.5. The molecule has 1 aromatic heterocycles. The van der Waals surface area contributed by atoms with E-state index in [2.05, 4.69) is 63.0 Å². The van der Waals surface area contributed by atoms with Gasteiger partial charge in [-0.2, -0.15) is 4.98 Å². The van der Waals surface area contributed by atoms with Gasteiger partial charge < -0.3 is 10.1 Å². The number of aryl methyl sites for hydroxylation is 2. The minimum atomic E-state index is -3.92. The zero-order chi connectivity index (χ0) is 27.8. The summed E-state index contributed by atoms with van der Waals surface area (Å²) in [5.41, 5.74) is 6.54. The molecule has 0 saturated carbocycles. The second kappa shape index (κ2) is 10.5. The number of fused-ring (bicyclic) bond motifs is 4. The number of sulfonamides is 1. The highest BCUT2D eigenvalue weighted by atomic mass is 32.3. The number of nitrogens with zero attached hydrogens (tertiary/aromatic N) is 2. The van der Waals surface area contributed by atoms with Crippen LogP contribution in [0.4, 0.5) is 11.6 Å². The average molecular weight is 563 g/mol. The van der Waals surface area contributed by atoms with E-state index in [1.807, 2.05) is 38.1 Å². The van der Waals surface area contributed by atoms with Gasteiger partial charge in [0.25, 0.3) is 10.0 Å². The summed E-state index contributed by atoms with van der Waals surface area (Å²) in [6.45, 7) is 4.43. The van der Waals surface area contributed by atoms with E-state index in [9.17, 15) is 8.42 Å². The molecule has 204 valence electrons. The molecule has 9 heteroatoms. The Morgan fingerprint density at radius 3 is 2.31 bits per heavy atom. The third-order valence-electron chi connectivity index (χ3n) is 6.52. The van der Waals surface area contributed by atoms with Gasteiger partial charge in [-0.25, -0.2) is 28.2 Å². The number of benzene rings is 3. The zero-order valence-corrected chi connectivity index (χ0v) is 24.5.